The molecule has 29 heavy (non-hydrogen) atoms. The Morgan fingerprint density at radius 3 is 2.59 bits per heavy atom. The van der Waals surface area contributed by atoms with Crippen LogP contribution in [0.4, 0.5) is 9.59 Å². The number of benzene rings is 1. The second-order valence-electron chi connectivity index (χ2n) is 6.95. The Morgan fingerprint density at radius 2 is 1.90 bits per heavy atom. The fourth-order valence-corrected chi connectivity index (χ4v) is 3.03. The van der Waals surface area contributed by atoms with Crippen LogP contribution in [-0.2, 0) is 22.6 Å². The molecule has 1 saturated heterocycles. The standard InChI is InChI=1S/C20H22N4O5/c1-20(10-9-14-6-3-2-4-7-14)17(26)24(19(28)23-20)13-16(25)22-18(27)21-12-15-8-5-11-29-15/h2-8,11H,9-10,12-13H2,1H3,(H,23,28)(H2,21,22,25,27)/t20-/m0/s1. The van der Waals surface area contributed by atoms with Gasteiger partial charge >= 0.3 is 12.1 Å². The van der Waals surface area contributed by atoms with Crippen LogP contribution in [0.5, 0.6) is 0 Å². The average Bonchev–Trinajstić information content (AvgIpc) is 3.29. The van der Waals surface area contributed by atoms with Crippen LogP contribution in [0.25, 0.3) is 0 Å². The Hall–Kier alpha value is -3.62. The molecule has 6 amide bonds. The maximum Gasteiger partial charge on any atom is 0.325 e. The number of carbonyl (C=O) groups is 4. The SMILES string of the molecule is C[C@@]1(CCc2ccccc2)NC(=O)N(CC(=O)NC(=O)NCc2ccco2)C1=O. The number of aryl methyl sites for hydroxylation is 1. The first-order chi connectivity index (χ1) is 13.9. The molecule has 2 heterocycles. The summed E-state index contributed by atoms with van der Waals surface area (Å²) in [6.45, 7) is 1.19. The van der Waals surface area contributed by atoms with Crippen molar-refractivity contribution in [2.45, 2.75) is 31.8 Å². The summed E-state index contributed by atoms with van der Waals surface area (Å²) in [6, 6.07) is 11.5. The van der Waals surface area contributed by atoms with Gasteiger partial charge in [0.15, 0.2) is 0 Å². The molecule has 0 unspecified atom stereocenters. The lowest BCUT2D eigenvalue weighted by Gasteiger charge is -2.21. The molecule has 1 aromatic carbocycles. The fraction of sp³-hybridized carbons (Fsp3) is 0.300. The van der Waals surface area contributed by atoms with Crippen LogP contribution in [0.15, 0.2) is 53.1 Å². The molecule has 1 aliphatic heterocycles. The zero-order valence-electron chi connectivity index (χ0n) is 15.9. The molecule has 0 aliphatic carbocycles. The highest BCUT2D eigenvalue weighted by Crippen LogP contribution is 2.23. The molecule has 0 radical (unpaired) electrons. The van der Waals surface area contributed by atoms with Gasteiger partial charge in [-0.15, -0.1) is 0 Å². The Kier molecular flexibility index (Phi) is 5.96. The molecule has 0 bridgehead atoms. The summed E-state index contributed by atoms with van der Waals surface area (Å²) in [4.78, 5) is 49.6. The van der Waals surface area contributed by atoms with Gasteiger partial charge in [0.2, 0.25) is 5.91 Å². The normalized spacial score (nSPS) is 18.4. The number of carbonyl (C=O) groups excluding carboxylic acids is 4. The van der Waals surface area contributed by atoms with Crippen molar-refractivity contribution >= 4 is 23.9 Å². The lowest BCUT2D eigenvalue weighted by molar-refractivity contribution is -0.134. The minimum Gasteiger partial charge on any atom is -0.467 e. The van der Waals surface area contributed by atoms with Crippen LogP contribution in [0.3, 0.4) is 0 Å². The first-order valence-electron chi connectivity index (χ1n) is 9.15. The molecule has 9 heteroatoms. The lowest BCUT2D eigenvalue weighted by Crippen LogP contribution is -2.47. The van der Waals surface area contributed by atoms with Crippen LogP contribution < -0.4 is 16.0 Å². The van der Waals surface area contributed by atoms with Crippen molar-refractivity contribution in [3.05, 3.63) is 60.1 Å². The third-order valence-corrected chi connectivity index (χ3v) is 4.66. The van der Waals surface area contributed by atoms with Gasteiger partial charge in [-0.25, -0.2) is 9.59 Å². The third kappa shape index (κ3) is 5.01. The maximum absolute atomic E-state index is 12.7. The smallest absolute Gasteiger partial charge is 0.325 e. The van der Waals surface area contributed by atoms with Gasteiger partial charge in [0.25, 0.3) is 5.91 Å². The minimum atomic E-state index is -1.10. The number of nitrogens with zero attached hydrogens (tertiary/aromatic N) is 1. The number of nitrogens with one attached hydrogen (secondary N) is 3. The van der Waals surface area contributed by atoms with E-state index in [1.54, 1.807) is 19.1 Å². The Morgan fingerprint density at radius 1 is 1.14 bits per heavy atom. The van der Waals surface area contributed by atoms with Gasteiger partial charge in [0.05, 0.1) is 12.8 Å². The minimum absolute atomic E-state index is 0.104. The zero-order chi connectivity index (χ0) is 20.9. The van der Waals surface area contributed by atoms with E-state index >= 15 is 0 Å². The van der Waals surface area contributed by atoms with Crippen LogP contribution in [-0.4, -0.2) is 40.9 Å². The summed E-state index contributed by atoms with van der Waals surface area (Å²) in [5.41, 5.74) is -0.0606. The largest absolute Gasteiger partial charge is 0.467 e. The van der Waals surface area contributed by atoms with E-state index in [1.165, 1.54) is 6.26 Å². The van der Waals surface area contributed by atoms with E-state index < -0.39 is 36.0 Å². The lowest BCUT2D eigenvalue weighted by atomic mass is 9.93. The zero-order valence-corrected chi connectivity index (χ0v) is 15.9. The van der Waals surface area contributed by atoms with Gasteiger partial charge in [-0.3, -0.25) is 19.8 Å². The number of hydrogen-bond acceptors (Lipinski definition) is 5. The summed E-state index contributed by atoms with van der Waals surface area (Å²) in [6.07, 6.45) is 2.45. The highest BCUT2D eigenvalue weighted by Gasteiger charge is 2.47. The average molecular weight is 398 g/mol. The van der Waals surface area contributed by atoms with E-state index in [1.807, 2.05) is 30.3 Å². The number of furan rings is 1. The summed E-state index contributed by atoms with van der Waals surface area (Å²) in [5, 5.41) is 7.19. The monoisotopic (exact) mass is 398 g/mol. The number of rotatable bonds is 7. The van der Waals surface area contributed by atoms with Gasteiger partial charge in [-0.2, -0.15) is 0 Å². The van der Waals surface area contributed by atoms with Crippen molar-refractivity contribution in [1.82, 2.24) is 20.9 Å². The molecule has 0 saturated carbocycles. The second kappa shape index (κ2) is 8.59. The molecular weight excluding hydrogens is 376 g/mol. The van der Waals surface area contributed by atoms with Crippen LogP contribution in [0.1, 0.15) is 24.7 Å². The van der Waals surface area contributed by atoms with Gasteiger partial charge in [0.1, 0.15) is 17.8 Å². The third-order valence-electron chi connectivity index (χ3n) is 4.66. The topological polar surface area (TPSA) is 121 Å². The summed E-state index contributed by atoms with van der Waals surface area (Å²) in [5.74, 6) is -0.738. The molecule has 0 spiro atoms. The molecule has 152 valence electrons. The molecule has 1 atom stereocenters. The number of amides is 6. The molecule has 3 N–H and O–H groups in total. The molecule has 1 aromatic heterocycles. The molecule has 3 rings (SSSR count). The van der Waals surface area contributed by atoms with Crippen molar-refractivity contribution in [1.29, 1.82) is 0 Å². The molecule has 2 aromatic rings. The van der Waals surface area contributed by atoms with Gasteiger partial charge in [0, 0.05) is 0 Å². The number of urea groups is 2. The molecule has 1 fully saturated rings. The van der Waals surface area contributed by atoms with E-state index in [9.17, 15) is 19.2 Å². The second-order valence-corrected chi connectivity index (χ2v) is 6.95. The highest BCUT2D eigenvalue weighted by molar-refractivity contribution is 6.09. The van der Waals surface area contributed by atoms with Crippen LogP contribution in [0, 0.1) is 0 Å². The van der Waals surface area contributed by atoms with Gasteiger partial charge in [-0.05, 0) is 37.5 Å². The quantitative estimate of drug-likeness (QED) is 0.611. The van der Waals surface area contributed by atoms with Crippen LogP contribution in [0.2, 0.25) is 0 Å². The molecule has 9 nitrogen and oxygen atoms in total. The van der Waals surface area contributed by atoms with Gasteiger partial charge in [-0.1, -0.05) is 30.3 Å². The highest BCUT2D eigenvalue weighted by atomic mass is 16.3. The molecular formula is C20H22N4O5. The van der Waals surface area contributed by atoms with Crippen molar-refractivity contribution in [2.24, 2.45) is 0 Å². The van der Waals surface area contributed by atoms with E-state index in [4.69, 9.17) is 4.42 Å². The Balaban J connectivity index is 1.50. The van der Waals surface area contributed by atoms with Crippen LogP contribution >= 0.6 is 0 Å². The van der Waals surface area contributed by atoms with Crippen molar-refractivity contribution in [3.63, 3.8) is 0 Å². The number of imide groups is 2. The van der Waals surface area contributed by atoms with E-state index in [0.717, 1.165) is 10.5 Å². The predicted octanol–water partition coefficient (Wildman–Crippen LogP) is 1.55. The fourth-order valence-electron chi connectivity index (χ4n) is 3.03. The van der Waals surface area contributed by atoms with E-state index in [0.29, 0.717) is 18.6 Å². The maximum atomic E-state index is 12.7. The first kappa shape index (κ1) is 20.1. The summed E-state index contributed by atoms with van der Waals surface area (Å²) < 4.78 is 5.07. The Bertz CT molecular complexity index is 897. The summed E-state index contributed by atoms with van der Waals surface area (Å²) in [7, 11) is 0. The van der Waals surface area contributed by atoms with E-state index in [2.05, 4.69) is 16.0 Å². The number of hydrogen-bond donors (Lipinski definition) is 3. The Labute approximate surface area is 167 Å². The van der Waals surface area contributed by atoms with Gasteiger partial charge < -0.3 is 15.1 Å². The predicted molar refractivity (Wildman–Crippen MR) is 102 cm³/mol. The van der Waals surface area contributed by atoms with Crippen molar-refractivity contribution in [3.8, 4) is 0 Å². The molecule has 1 aliphatic rings. The summed E-state index contributed by atoms with van der Waals surface area (Å²) >= 11 is 0. The van der Waals surface area contributed by atoms with Crippen molar-refractivity contribution < 1.29 is 23.6 Å². The van der Waals surface area contributed by atoms with Crippen molar-refractivity contribution in [2.75, 3.05) is 6.54 Å². The first-order valence-corrected chi connectivity index (χ1v) is 9.15. The van der Waals surface area contributed by atoms with E-state index in [-0.39, 0.29) is 6.54 Å².